The molecule has 0 radical (unpaired) electrons. The molecule has 14 heavy (non-hydrogen) atoms. The molecular weight excluding hydrogens is 168 g/mol. The van der Waals surface area contributed by atoms with Gasteiger partial charge >= 0.3 is 0 Å². The number of benzene rings is 1. The molecular formula is C14H18. The fraction of sp³-hybridized carbons (Fsp3) is 0.286. The molecule has 1 aromatic carbocycles. The Kier molecular flexibility index (Phi) is 3.70. The van der Waals surface area contributed by atoms with Crippen molar-refractivity contribution >= 4 is 0 Å². The molecule has 0 fully saturated rings. The van der Waals surface area contributed by atoms with E-state index in [2.05, 4.69) is 45.2 Å². The van der Waals surface area contributed by atoms with E-state index >= 15 is 0 Å². The summed E-state index contributed by atoms with van der Waals surface area (Å²) in [5.41, 5.74) is 4.14. The van der Waals surface area contributed by atoms with Crippen LogP contribution in [0.3, 0.4) is 0 Å². The molecule has 0 amide bonds. The Morgan fingerprint density at radius 3 is 2.43 bits per heavy atom. The van der Waals surface area contributed by atoms with Gasteiger partial charge in [-0.1, -0.05) is 30.4 Å². The maximum atomic E-state index is 3.81. The van der Waals surface area contributed by atoms with Crippen molar-refractivity contribution in [1.29, 1.82) is 0 Å². The van der Waals surface area contributed by atoms with Crippen LogP contribution in [0.25, 0.3) is 0 Å². The van der Waals surface area contributed by atoms with Crippen molar-refractivity contribution in [1.82, 2.24) is 0 Å². The Morgan fingerprint density at radius 1 is 1.21 bits per heavy atom. The third-order valence-corrected chi connectivity index (χ3v) is 2.78. The number of rotatable bonds is 4. The molecule has 0 atom stereocenters. The van der Waals surface area contributed by atoms with E-state index in [4.69, 9.17) is 0 Å². The zero-order chi connectivity index (χ0) is 10.6. The monoisotopic (exact) mass is 186 g/mol. The minimum absolute atomic E-state index is 0.385. The highest BCUT2D eigenvalue weighted by Crippen LogP contribution is 2.17. The normalized spacial score (nSPS) is 10.2. The lowest BCUT2D eigenvalue weighted by molar-refractivity contribution is 0.802. The molecule has 74 valence electrons. The van der Waals surface area contributed by atoms with E-state index in [0.717, 1.165) is 6.42 Å². The van der Waals surface area contributed by atoms with E-state index < -0.39 is 0 Å². The highest BCUT2D eigenvalue weighted by molar-refractivity contribution is 5.34. The van der Waals surface area contributed by atoms with Crippen molar-refractivity contribution < 1.29 is 0 Å². The van der Waals surface area contributed by atoms with Gasteiger partial charge in [-0.3, -0.25) is 0 Å². The molecule has 0 aliphatic carbocycles. The Morgan fingerprint density at radius 2 is 1.86 bits per heavy atom. The molecule has 0 heteroatoms. The molecule has 0 saturated heterocycles. The van der Waals surface area contributed by atoms with Crippen LogP contribution in [0.5, 0.6) is 0 Å². The molecule has 0 spiro atoms. The number of aryl methyl sites for hydroxylation is 1. The molecule has 0 heterocycles. The first-order chi connectivity index (χ1) is 6.69. The van der Waals surface area contributed by atoms with Crippen LogP contribution in [0.2, 0.25) is 0 Å². The Balaban J connectivity index is 2.91. The van der Waals surface area contributed by atoms with Gasteiger partial charge < -0.3 is 0 Å². The first-order valence-corrected chi connectivity index (χ1v) is 4.99. The average molecular weight is 186 g/mol. The molecule has 0 saturated carbocycles. The van der Waals surface area contributed by atoms with Gasteiger partial charge in [0.25, 0.3) is 0 Å². The minimum Gasteiger partial charge on any atom is -0.102 e. The second-order valence-electron chi connectivity index (χ2n) is 3.70. The lowest BCUT2D eigenvalue weighted by Gasteiger charge is -2.11. The lowest BCUT2D eigenvalue weighted by atomic mass is 9.94. The van der Waals surface area contributed by atoms with Gasteiger partial charge in [0.1, 0.15) is 0 Å². The third kappa shape index (κ3) is 2.35. The Bertz CT molecular complexity index is 326. The highest BCUT2D eigenvalue weighted by atomic mass is 14.1. The van der Waals surface area contributed by atoms with E-state index in [1.54, 1.807) is 0 Å². The summed E-state index contributed by atoms with van der Waals surface area (Å²) in [6, 6.07) is 6.44. The fourth-order valence-electron chi connectivity index (χ4n) is 1.55. The molecule has 0 unspecified atom stereocenters. The van der Waals surface area contributed by atoms with E-state index in [1.165, 1.54) is 16.7 Å². The maximum absolute atomic E-state index is 3.81. The van der Waals surface area contributed by atoms with Crippen molar-refractivity contribution in [2.24, 2.45) is 5.92 Å². The lowest BCUT2D eigenvalue weighted by Crippen LogP contribution is -2.00. The largest absolute Gasteiger partial charge is 0.102 e. The molecule has 0 N–H and O–H groups in total. The second-order valence-corrected chi connectivity index (χ2v) is 3.70. The zero-order valence-electron chi connectivity index (χ0n) is 9.09. The van der Waals surface area contributed by atoms with Crippen molar-refractivity contribution in [2.75, 3.05) is 0 Å². The Labute approximate surface area is 87.0 Å². The summed E-state index contributed by atoms with van der Waals surface area (Å²) in [6.07, 6.45) is 4.92. The second kappa shape index (κ2) is 4.80. The van der Waals surface area contributed by atoms with Gasteiger partial charge in [0.2, 0.25) is 0 Å². The van der Waals surface area contributed by atoms with Gasteiger partial charge in [0.15, 0.2) is 0 Å². The van der Waals surface area contributed by atoms with Crippen molar-refractivity contribution in [3.8, 4) is 0 Å². The fourth-order valence-corrected chi connectivity index (χ4v) is 1.55. The third-order valence-electron chi connectivity index (χ3n) is 2.78. The molecule has 0 aliphatic rings. The van der Waals surface area contributed by atoms with Crippen LogP contribution in [0, 0.1) is 19.8 Å². The Hall–Kier alpha value is -1.30. The minimum atomic E-state index is 0.385. The van der Waals surface area contributed by atoms with Crippen LogP contribution in [0.15, 0.2) is 43.5 Å². The first kappa shape index (κ1) is 10.8. The number of hydrogen-bond donors (Lipinski definition) is 0. The van der Waals surface area contributed by atoms with Crippen LogP contribution >= 0.6 is 0 Å². The quantitative estimate of drug-likeness (QED) is 0.627. The zero-order valence-corrected chi connectivity index (χ0v) is 9.09. The molecule has 0 aromatic heterocycles. The maximum Gasteiger partial charge on any atom is -0.00183 e. The predicted molar refractivity (Wildman–Crippen MR) is 63.5 cm³/mol. The summed E-state index contributed by atoms with van der Waals surface area (Å²) in [5, 5.41) is 0. The summed E-state index contributed by atoms with van der Waals surface area (Å²) in [4.78, 5) is 0. The SMILES string of the molecule is C=CC(C=C)Cc1cccc(C)c1C. The molecule has 1 rings (SSSR count). The predicted octanol–water partition coefficient (Wildman–Crippen LogP) is 3.83. The van der Waals surface area contributed by atoms with Gasteiger partial charge in [0.05, 0.1) is 0 Å². The van der Waals surface area contributed by atoms with E-state index in [-0.39, 0.29) is 0 Å². The van der Waals surface area contributed by atoms with Crippen molar-refractivity contribution in [3.63, 3.8) is 0 Å². The summed E-state index contributed by atoms with van der Waals surface area (Å²) in [7, 11) is 0. The van der Waals surface area contributed by atoms with Crippen LogP contribution < -0.4 is 0 Å². The van der Waals surface area contributed by atoms with Crippen molar-refractivity contribution in [2.45, 2.75) is 20.3 Å². The average Bonchev–Trinajstić information content (AvgIpc) is 2.20. The van der Waals surface area contributed by atoms with Crippen LogP contribution in [-0.2, 0) is 6.42 Å². The van der Waals surface area contributed by atoms with Crippen LogP contribution in [-0.4, -0.2) is 0 Å². The van der Waals surface area contributed by atoms with Crippen LogP contribution in [0.4, 0.5) is 0 Å². The standard InChI is InChI=1S/C14H18/c1-5-13(6-2)10-14-9-7-8-11(3)12(14)4/h5-9,13H,1-2,10H2,3-4H3. The number of hydrogen-bond acceptors (Lipinski definition) is 0. The molecule has 1 aromatic rings. The van der Waals surface area contributed by atoms with Gasteiger partial charge in [-0.2, -0.15) is 0 Å². The molecule has 0 aliphatic heterocycles. The first-order valence-electron chi connectivity index (χ1n) is 4.99. The highest BCUT2D eigenvalue weighted by Gasteiger charge is 2.04. The van der Waals surface area contributed by atoms with Crippen molar-refractivity contribution in [3.05, 3.63) is 60.2 Å². The summed E-state index contributed by atoms with van der Waals surface area (Å²) in [5.74, 6) is 0.385. The van der Waals surface area contributed by atoms with Crippen LogP contribution in [0.1, 0.15) is 16.7 Å². The summed E-state index contributed by atoms with van der Waals surface area (Å²) >= 11 is 0. The van der Waals surface area contributed by atoms with Gasteiger partial charge in [-0.05, 0) is 42.9 Å². The molecule has 0 nitrogen and oxygen atoms in total. The van der Waals surface area contributed by atoms with E-state index in [1.807, 2.05) is 12.2 Å². The van der Waals surface area contributed by atoms with Gasteiger partial charge in [0, 0.05) is 0 Å². The van der Waals surface area contributed by atoms with E-state index in [9.17, 15) is 0 Å². The topological polar surface area (TPSA) is 0 Å². The summed E-state index contributed by atoms with van der Waals surface area (Å²) < 4.78 is 0. The van der Waals surface area contributed by atoms with E-state index in [0.29, 0.717) is 5.92 Å². The summed E-state index contributed by atoms with van der Waals surface area (Å²) in [6.45, 7) is 11.9. The molecule has 0 bridgehead atoms. The number of allylic oxidation sites excluding steroid dienone is 2. The van der Waals surface area contributed by atoms with Gasteiger partial charge in [-0.15, -0.1) is 13.2 Å². The smallest absolute Gasteiger partial charge is 0.00183 e. The van der Waals surface area contributed by atoms with Gasteiger partial charge in [-0.25, -0.2) is 0 Å².